The second-order valence-corrected chi connectivity index (χ2v) is 3.93. The molecular formula is C16H12O2. The summed E-state index contributed by atoms with van der Waals surface area (Å²) in [5.41, 5.74) is 1.13. The molecule has 0 saturated heterocycles. The third kappa shape index (κ3) is 2.28. The maximum atomic E-state index is 5.70. The average Bonchev–Trinajstić information content (AvgIpc) is 2.46. The summed E-state index contributed by atoms with van der Waals surface area (Å²) in [4.78, 5) is 0. The van der Waals surface area contributed by atoms with Crippen molar-refractivity contribution >= 4 is 6.08 Å². The van der Waals surface area contributed by atoms with Crippen molar-refractivity contribution in [1.82, 2.24) is 0 Å². The minimum absolute atomic E-state index is 0.692. The fraction of sp³-hybridized carbons (Fsp3) is 0. The molecule has 0 aliphatic carbocycles. The number of fused-ring (bicyclic) bond motifs is 1. The zero-order valence-electron chi connectivity index (χ0n) is 9.74. The van der Waals surface area contributed by atoms with E-state index in [0.717, 1.165) is 17.1 Å². The summed E-state index contributed by atoms with van der Waals surface area (Å²) < 4.78 is 11.2. The molecule has 0 unspecified atom stereocenters. The molecule has 2 aromatic rings. The number of hydrogen-bond acceptors (Lipinski definition) is 2. The van der Waals surface area contributed by atoms with Gasteiger partial charge in [-0.15, -0.1) is 0 Å². The predicted molar refractivity (Wildman–Crippen MR) is 71.3 cm³/mol. The van der Waals surface area contributed by atoms with E-state index in [-0.39, 0.29) is 0 Å². The minimum Gasteiger partial charge on any atom is -0.457 e. The van der Waals surface area contributed by atoms with Gasteiger partial charge in [0.05, 0.1) is 0 Å². The van der Waals surface area contributed by atoms with Gasteiger partial charge in [0, 0.05) is 0 Å². The number of benzene rings is 2. The summed E-state index contributed by atoms with van der Waals surface area (Å²) in [7, 11) is 0. The van der Waals surface area contributed by atoms with Gasteiger partial charge in [-0.3, -0.25) is 0 Å². The Morgan fingerprint density at radius 2 is 1.44 bits per heavy atom. The van der Waals surface area contributed by atoms with E-state index in [1.165, 1.54) is 0 Å². The quantitative estimate of drug-likeness (QED) is 0.784. The molecule has 1 aliphatic heterocycles. The molecule has 2 aromatic carbocycles. The highest BCUT2D eigenvalue weighted by Gasteiger charge is 2.10. The lowest BCUT2D eigenvalue weighted by molar-refractivity contribution is 0.338. The Balaban J connectivity index is 1.77. The van der Waals surface area contributed by atoms with Crippen LogP contribution < -0.4 is 9.47 Å². The van der Waals surface area contributed by atoms with Crippen molar-refractivity contribution in [2.45, 2.75) is 0 Å². The zero-order chi connectivity index (χ0) is 12.2. The van der Waals surface area contributed by atoms with Gasteiger partial charge in [0.1, 0.15) is 6.26 Å². The number of rotatable bonds is 2. The van der Waals surface area contributed by atoms with Crippen molar-refractivity contribution < 1.29 is 9.47 Å². The maximum Gasteiger partial charge on any atom is 0.170 e. The second kappa shape index (κ2) is 4.80. The average molecular weight is 236 g/mol. The van der Waals surface area contributed by atoms with Gasteiger partial charge in [-0.2, -0.15) is 0 Å². The van der Waals surface area contributed by atoms with E-state index in [2.05, 4.69) is 0 Å². The number of para-hydroxylation sites is 2. The third-order valence-corrected chi connectivity index (χ3v) is 2.62. The van der Waals surface area contributed by atoms with Crippen LogP contribution in [0, 0.1) is 0 Å². The van der Waals surface area contributed by atoms with Crippen LogP contribution in [0.15, 0.2) is 72.7 Å². The first-order valence-electron chi connectivity index (χ1n) is 5.79. The summed E-state index contributed by atoms with van der Waals surface area (Å²) in [6.45, 7) is 0. The van der Waals surface area contributed by atoms with Gasteiger partial charge in [0.2, 0.25) is 0 Å². The van der Waals surface area contributed by atoms with E-state index in [4.69, 9.17) is 9.47 Å². The molecule has 0 saturated carbocycles. The zero-order valence-corrected chi connectivity index (χ0v) is 9.74. The SMILES string of the molecule is C1=C(/C=C/c2ccccc2)Oc2ccccc2O1. The summed E-state index contributed by atoms with van der Waals surface area (Å²) in [6.07, 6.45) is 5.50. The lowest BCUT2D eigenvalue weighted by atomic mass is 10.2. The number of allylic oxidation sites excluding steroid dienone is 1. The van der Waals surface area contributed by atoms with Crippen LogP contribution in [0.25, 0.3) is 6.08 Å². The molecule has 3 rings (SSSR count). The molecule has 0 radical (unpaired) electrons. The lowest BCUT2D eigenvalue weighted by Crippen LogP contribution is -2.02. The molecule has 18 heavy (non-hydrogen) atoms. The molecule has 88 valence electrons. The van der Waals surface area contributed by atoms with Gasteiger partial charge in [-0.1, -0.05) is 48.5 Å². The first-order valence-corrected chi connectivity index (χ1v) is 5.79. The van der Waals surface area contributed by atoms with Crippen LogP contribution in [0.1, 0.15) is 5.56 Å². The summed E-state index contributed by atoms with van der Waals surface area (Å²) in [5, 5.41) is 0. The van der Waals surface area contributed by atoms with Gasteiger partial charge in [-0.25, -0.2) is 0 Å². The van der Waals surface area contributed by atoms with Gasteiger partial charge >= 0.3 is 0 Å². The molecule has 0 fully saturated rings. The van der Waals surface area contributed by atoms with Crippen LogP contribution >= 0.6 is 0 Å². The van der Waals surface area contributed by atoms with Crippen LogP contribution in [0.3, 0.4) is 0 Å². The standard InChI is InChI=1S/C16H12O2/c1-2-6-13(7-3-1)10-11-14-12-17-15-8-4-5-9-16(15)18-14/h1-12H/b11-10+. The highest BCUT2D eigenvalue weighted by Crippen LogP contribution is 2.32. The Kier molecular flexibility index (Phi) is 2.84. The fourth-order valence-corrected chi connectivity index (χ4v) is 1.72. The van der Waals surface area contributed by atoms with Crippen molar-refractivity contribution in [2.24, 2.45) is 0 Å². The molecular weight excluding hydrogens is 224 g/mol. The van der Waals surface area contributed by atoms with Crippen molar-refractivity contribution in [3.8, 4) is 11.5 Å². The van der Waals surface area contributed by atoms with E-state index >= 15 is 0 Å². The van der Waals surface area contributed by atoms with Gasteiger partial charge in [-0.05, 0) is 23.8 Å². The normalized spacial score (nSPS) is 13.4. The van der Waals surface area contributed by atoms with Crippen molar-refractivity contribution in [1.29, 1.82) is 0 Å². The molecule has 2 nitrogen and oxygen atoms in total. The smallest absolute Gasteiger partial charge is 0.170 e. The maximum absolute atomic E-state index is 5.70. The number of ether oxygens (including phenoxy) is 2. The molecule has 0 amide bonds. The Morgan fingerprint density at radius 1 is 0.722 bits per heavy atom. The summed E-state index contributed by atoms with van der Waals surface area (Å²) in [6, 6.07) is 17.7. The van der Waals surface area contributed by atoms with Crippen LogP contribution in [-0.2, 0) is 0 Å². The Bertz CT molecular complexity index is 598. The summed E-state index contributed by atoms with van der Waals surface area (Å²) >= 11 is 0. The van der Waals surface area contributed by atoms with Crippen LogP contribution in [0.5, 0.6) is 11.5 Å². The minimum atomic E-state index is 0.692. The predicted octanol–water partition coefficient (Wildman–Crippen LogP) is 4.01. The molecule has 1 aliphatic rings. The molecule has 0 bridgehead atoms. The van der Waals surface area contributed by atoms with Crippen LogP contribution in [0.2, 0.25) is 0 Å². The van der Waals surface area contributed by atoms with Gasteiger partial charge in [0.15, 0.2) is 17.3 Å². The first kappa shape index (κ1) is 10.7. The first-order chi connectivity index (χ1) is 8.92. The second-order valence-electron chi connectivity index (χ2n) is 3.93. The van der Waals surface area contributed by atoms with Gasteiger partial charge in [0.25, 0.3) is 0 Å². The van der Waals surface area contributed by atoms with Crippen LogP contribution in [0.4, 0.5) is 0 Å². The third-order valence-electron chi connectivity index (χ3n) is 2.62. The fourth-order valence-electron chi connectivity index (χ4n) is 1.72. The van der Waals surface area contributed by atoms with E-state index in [1.807, 2.05) is 66.7 Å². The molecule has 0 N–H and O–H groups in total. The van der Waals surface area contributed by atoms with Crippen molar-refractivity contribution in [3.63, 3.8) is 0 Å². The lowest BCUT2D eigenvalue weighted by Gasteiger charge is -2.15. The van der Waals surface area contributed by atoms with Gasteiger partial charge < -0.3 is 9.47 Å². The molecule has 0 spiro atoms. The molecule has 2 heteroatoms. The largest absolute Gasteiger partial charge is 0.457 e. The Hall–Kier alpha value is -2.48. The van der Waals surface area contributed by atoms with E-state index in [9.17, 15) is 0 Å². The molecule has 1 heterocycles. The Morgan fingerprint density at radius 3 is 2.28 bits per heavy atom. The molecule has 0 atom stereocenters. The number of hydrogen-bond donors (Lipinski definition) is 0. The summed E-state index contributed by atoms with van der Waals surface area (Å²) in [5.74, 6) is 2.18. The van der Waals surface area contributed by atoms with Crippen molar-refractivity contribution in [2.75, 3.05) is 0 Å². The van der Waals surface area contributed by atoms with E-state index in [1.54, 1.807) is 6.26 Å². The van der Waals surface area contributed by atoms with E-state index in [0.29, 0.717) is 5.76 Å². The Labute approximate surface area is 106 Å². The highest BCUT2D eigenvalue weighted by atomic mass is 16.6. The highest BCUT2D eigenvalue weighted by molar-refractivity contribution is 5.53. The topological polar surface area (TPSA) is 18.5 Å². The molecule has 0 aromatic heterocycles. The monoisotopic (exact) mass is 236 g/mol. The van der Waals surface area contributed by atoms with Crippen molar-refractivity contribution in [3.05, 3.63) is 78.3 Å². The van der Waals surface area contributed by atoms with E-state index < -0.39 is 0 Å². The van der Waals surface area contributed by atoms with Crippen LogP contribution in [-0.4, -0.2) is 0 Å².